The molecule has 0 aromatic heterocycles. The fraction of sp³-hybridized carbons (Fsp3) is 0.250. The first kappa shape index (κ1) is 18.5. The molecule has 0 saturated heterocycles. The topological polar surface area (TPSA) is 129 Å². The average Bonchev–Trinajstić information content (AvgIpc) is 2.61. The number of nitrogens with two attached hydrogens (primary N) is 1. The third-order valence-electron chi connectivity index (χ3n) is 3.20. The van der Waals surface area contributed by atoms with Gasteiger partial charge in [0.25, 0.3) is 0 Å². The van der Waals surface area contributed by atoms with Gasteiger partial charge in [-0.2, -0.15) is 10.5 Å². The lowest BCUT2D eigenvalue weighted by Crippen LogP contribution is -2.28. The van der Waals surface area contributed by atoms with Crippen LogP contribution in [0.3, 0.4) is 0 Å². The number of carbonyl (C=O) groups is 2. The van der Waals surface area contributed by atoms with Gasteiger partial charge in [-0.05, 0) is 19.1 Å². The molecule has 1 rings (SSSR count). The lowest BCUT2D eigenvalue weighted by Gasteiger charge is -2.27. The summed E-state index contributed by atoms with van der Waals surface area (Å²) in [6.07, 6.45) is 4.08. The minimum Gasteiger partial charge on any atom is -0.465 e. The molecule has 1 aliphatic rings. The molecular formula is C16H16N4O4. The molecule has 0 atom stereocenters. The van der Waals surface area contributed by atoms with Crippen LogP contribution < -0.4 is 5.73 Å². The highest BCUT2D eigenvalue weighted by atomic mass is 16.5. The number of hydrogen-bond donors (Lipinski definition) is 1. The van der Waals surface area contributed by atoms with Crippen molar-refractivity contribution in [2.24, 2.45) is 5.73 Å². The predicted molar refractivity (Wildman–Crippen MR) is 83.1 cm³/mol. The van der Waals surface area contributed by atoms with E-state index in [1.54, 1.807) is 17.9 Å². The van der Waals surface area contributed by atoms with Crippen molar-refractivity contribution in [1.82, 2.24) is 4.90 Å². The Labute approximate surface area is 139 Å². The monoisotopic (exact) mass is 328 g/mol. The van der Waals surface area contributed by atoms with Crippen molar-refractivity contribution in [2.45, 2.75) is 6.92 Å². The van der Waals surface area contributed by atoms with E-state index < -0.39 is 11.9 Å². The molecule has 0 saturated carbocycles. The number of rotatable bonds is 4. The average molecular weight is 328 g/mol. The van der Waals surface area contributed by atoms with Crippen LogP contribution in [0.4, 0.5) is 0 Å². The van der Waals surface area contributed by atoms with Crippen LogP contribution in [0.5, 0.6) is 0 Å². The first-order valence-corrected chi connectivity index (χ1v) is 6.82. The molecule has 8 heteroatoms. The van der Waals surface area contributed by atoms with Gasteiger partial charge in [0.15, 0.2) is 0 Å². The smallest absolute Gasteiger partial charge is 0.348 e. The molecular weight excluding hydrogens is 312 g/mol. The number of carbonyl (C=O) groups excluding carboxylic acids is 2. The van der Waals surface area contributed by atoms with Gasteiger partial charge in [-0.15, -0.1) is 0 Å². The van der Waals surface area contributed by atoms with Gasteiger partial charge >= 0.3 is 11.9 Å². The Hall–Kier alpha value is -3.52. The van der Waals surface area contributed by atoms with Crippen LogP contribution in [-0.2, 0) is 19.1 Å². The Morgan fingerprint density at radius 1 is 1.33 bits per heavy atom. The molecule has 0 aliphatic carbocycles. The molecule has 0 spiro atoms. The van der Waals surface area contributed by atoms with Crippen LogP contribution in [0.25, 0.3) is 0 Å². The maximum Gasteiger partial charge on any atom is 0.348 e. The second-order valence-corrected chi connectivity index (χ2v) is 4.46. The molecule has 2 N–H and O–H groups in total. The van der Waals surface area contributed by atoms with Crippen LogP contribution in [0, 0.1) is 22.7 Å². The van der Waals surface area contributed by atoms with E-state index in [0.29, 0.717) is 12.2 Å². The maximum atomic E-state index is 11.8. The fourth-order valence-electron chi connectivity index (χ4n) is 1.97. The zero-order valence-corrected chi connectivity index (χ0v) is 13.5. The van der Waals surface area contributed by atoms with Gasteiger partial charge in [-0.25, -0.2) is 9.59 Å². The summed E-state index contributed by atoms with van der Waals surface area (Å²) < 4.78 is 9.14. The molecule has 124 valence electrons. The van der Waals surface area contributed by atoms with Crippen LogP contribution >= 0.6 is 0 Å². The molecule has 24 heavy (non-hydrogen) atoms. The van der Waals surface area contributed by atoms with Gasteiger partial charge in [0.2, 0.25) is 0 Å². The van der Waals surface area contributed by atoms with Crippen molar-refractivity contribution in [3.8, 4) is 12.1 Å². The minimum atomic E-state index is -0.797. The lowest BCUT2D eigenvalue weighted by molar-refractivity contribution is -0.136. The van der Waals surface area contributed by atoms with Gasteiger partial charge in [0.1, 0.15) is 23.3 Å². The molecule has 1 aliphatic heterocycles. The van der Waals surface area contributed by atoms with E-state index in [9.17, 15) is 14.9 Å². The Morgan fingerprint density at radius 2 is 2.00 bits per heavy atom. The Balaban J connectivity index is 3.47. The molecule has 0 fully saturated rings. The van der Waals surface area contributed by atoms with Crippen molar-refractivity contribution in [2.75, 3.05) is 20.8 Å². The van der Waals surface area contributed by atoms with Crippen LogP contribution in [0.1, 0.15) is 6.92 Å². The molecule has 0 aromatic rings. The lowest BCUT2D eigenvalue weighted by atomic mass is 10.00. The highest BCUT2D eigenvalue weighted by Gasteiger charge is 2.27. The molecule has 0 radical (unpaired) electrons. The number of allylic oxidation sites excluding steroid dienone is 3. The summed E-state index contributed by atoms with van der Waals surface area (Å²) in [5, 5.41) is 18.3. The molecule has 1 heterocycles. The summed E-state index contributed by atoms with van der Waals surface area (Å²) in [4.78, 5) is 24.8. The molecule has 0 aromatic carbocycles. The summed E-state index contributed by atoms with van der Waals surface area (Å²) in [6, 6.07) is 3.64. The van der Waals surface area contributed by atoms with E-state index in [2.05, 4.69) is 9.47 Å². The molecule has 0 bridgehead atoms. The van der Waals surface area contributed by atoms with Gasteiger partial charge in [-0.3, -0.25) is 0 Å². The first-order chi connectivity index (χ1) is 11.4. The van der Waals surface area contributed by atoms with Crippen molar-refractivity contribution < 1.29 is 19.1 Å². The van der Waals surface area contributed by atoms with Crippen LogP contribution in [0.2, 0.25) is 0 Å². The van der Waals surface area contributed by atoms with E-state index >= 15 is 0 Å². The zero-order valence-electron chi connectivity index (χ0n) is 13.5. The molecule has 0 amide bonds. The third-order valence-corrected chi connectivity index (χ3v) is 3.20. The number of methoxy groups -OCH3 is 2. The summed E-state index contributed by atoms with van der Waals surface area (Å²) in [5.41, 5.74) is 6.06. The standard InChI is InChI=1S/C16H16N4O4/c1-4-20-9-12(16(22)24-3)14(19)11(8-18)13(20)6-5-10(7-17)15(21)23-2/h5-6,9H,4,19H2,1-3H3/b10-5+,13-6+. The van der Waals surface area contributed by atoms with E-state index in [1.807, 2.05) is 6.07 Å². The van der Waals surface area contributed by atoms with Crippen LogP contribution in [0.15, 0.2) is 46.5 Å². The Bertz CT molecular complexity index is 760. The van der Waals surface area contributed by atoms with E-state index in [0.717, 1.165) is 7.11 Å². The largest absolute Gasteiger partial charge is 0.465 e. The van der Waals surface area contributed by atoms with Gasteiger partial charge in [-0.1, -0.05) is 0 Å². The fourth-order valence-corrected chi connectivity index (χ4v) is 1.97. The van der Waals surface area contributed by atoms with Crippen molar-refractivity contribution >= 4 is 11.9 Å². The second kappa shape index (κ2) is 8.20. The summed E-state index contributed by atoms with van der Waals surface area (Å²) >= 11 is 0. The SMILES string of the molecule is CCN1C=C(C(=O)OC)C(N)=C(C#N)/C1=C\C=C(/C#N)C(=O)OC. The summed E-state index contributed by atoms with van der Waals surface area (Å²) in [5.74, 6) is -1.46. The number of ether oxygens (including phenoxy) is 2. The number of likely N-dealkylation sites (N-methyl/N-ethyl adjacent to an activating group) is 1. The summed E-state index contributed by atoms with van der Waals surface area (Å²) in [6.45, 7) is 2.21. The highest BCUT2D eigenvalue weighted by Crippen LogP contribution is 2.28. The van der Waals surface area contributed by atoms with Crippen molar-refractivity contribution in [3.05, 3.63) is 46.5 Å². The third kappa shape index (κ3) is 3.62. The first-order valence-electron chi connectivity index (χ1n) is 6.82. The summed E-state index contributed by atoms with van der Waals surface area (Å²) in [7, 11) is 2.37. The van der Waals surface area contributed by atoms with Crippen molar-refractivity contribution in [1.29, 1.82) is 10.5 Å². The Morgan fingerprint density at radius 3 is 2.46 bits per heavy atom. The normalized spacial score (nSPS) is 16.2. The van der Waals surface area contributed by atoms with E-state index in [-0.39, 0.29) is 22.4 Å². The van der Waals surface area contributed by atoms with Gasteiger partial charge in [0, 0.05) is 12.7 Å². The predicted octanol–water partition coefficient (Wildman–Crippen LogP) is 0.622. The molecule has 8 nitrogen and oxygen atoms in total. The Kier molecular flexibility index (Phi) is 6.33. The number of hydrogen-bond acceptors (Lipinski definition) is 8. The molecule has 0 unspecified atom stereocenters. The maximum absolute atomic E-state index is 11.8. The second-order valence-electron chi connectivity index (χ2n) is 4.46. The van der Waals surface area contributed by atoms with Crippen molar-refractivity contribution in [3.63, 3.8) is 0 Å². The van der Waals surface area contributed by atoms with Gasteiger partial charge in [0.05, 0.1) is 31.2 Å². The number of nitriles is 2. The number of nitrogens with zero attached hydrogens (tertiary/aromatic N) is 3. The quantitative estimate of drug-likeness (QED) is 0.451. The zero-order chi connectivity index (χ0) is 18.3. The van der Waals surface area contributed by atoms with E-state index in [1.165, 1.54) is 25.5 Å². The van der Waals surface area contributed by atoms with E-state index in [4.69, 9.17) is 11.0 Å². The number of esters is 2. The minimum absolute atomic E-state index is 0.0368. The van der Waals surface area contributed by atoms with Gasteiger partial charge < -0.3 is 20.1 Å². The van der Waals surface area contributed by atoms with Crippen LogP contribution in [-0.4, -0.2) is 37.6 Å². The highest BCUT2D eigenvalue weighted by molar-refractivity contribution is 5.95.